The molecule has 0 fully saturated rings. The first-order chi connectivity index (χ1) is 8.09. The van der Waals surface area contributed by atoms with Gasteiger partial charge in [-0.25, -0.2) is 17.9 Å². The molecule has 6 heteroatoms. The minimum atomic E-state index is -3.88. The summed E-state index contributed by atoms with van der Waals surface area (Å²) < 4.78 is 40.8. The van der Waals surface area contributed by atoms with Gasteiger partial charge in [-0.05, 0) is 30.0 Å². The van der Waals surface area contributed by atoms with Crippen molar-refractivity contribution < 1.29 is 17.5 Å². The molecular weight excluding hydrogens is 257 g/mol. The maximum Gasteiger partial charge on any atom is 0.238 e. The largest absolute Gasteiger partial charge is 0.490 e. The van der Waals surface area contributed by atoms with Gasteiger partial charge in [-0.15, -0.1) is 0 Å². The number of ether oxygens (including phenoxy) is 1. The van der Waals surface area contributed by atoms with Gasteiger partial charge in [0.25, 0.3) is 0 Å². The molecule has 0 aliphatic carbocycles. The molecule has 1 aromatic carbocycles. The fourth-order valence-corrected chi connectivity index (χ4v) is 1.77. The predicted octanol–water partition coefficient (Wildman–Crippen LogP) is 2.29. The average Bonchev–Trinajstić information content (AvgIpc) is 2.17. The van der Waals surface area contributed by atoms with Crippen LogP contribution in [0.3, 0.4) is 0 Å². The standard InChI is InChI=1S/C12H18FNO3S/c1-12(2,3)6-7-17-11-5-4-9(8-10(11)13)18(14,15)16/h4-5,8H,6-7H2,1-3H3,(H2,14,15,16). The maximum absolute atomic E-state index is 13.6. The van der Waals surface area contributed by atoms with Crippen molar-refractivity contribution >= 4 is 10.0 Å². The van der Waals surface area contributed by atoms with Crippen LogP contribution in [0.25, 0.3) is 0 Å². The summed E-state index contributed by atoms with van der Waals surface area (Å²) in [5.41, 5.74) is 0.0943. The Kier molecular flexibility index (Phi) is 4.34. The van der Waals surface area contributed by atoms with E-state index in [1.165, 1.54) is 12.1 Å². The highest BCUT2D eigenvalue weighted by atomic mass is 32.2. The van der Waals surface area contributed by atoms with Gasteiger partial charge in [0.05, 0.1) is 11.5 Å². The third kappa shape index (κ3) is 4.62. The van der Waals surface area contributed by atoms with Crippen LogP contribution in [0, 0.1) is 11.2 Å². The lowest BCUT2D eigenvalue weighted by Crippen LogP contribution is -2.13. The van der Waals surface area contributed by atoms with Crippen molar-refractivity contribution in [2.24, 2.45) is 10.6 Å². The molecule has 0 unspecified atom stereocenters. The predicted molar refractivity (Wildman–Crippen MR) is 67.3 cm³/mol. The highest BCUT2D eigenvalue weighted by molar-refractivity contribution is 7.89. The minimum Gasteiger partial charge on any atom is -0.490 e. The van der Waals surface area contributed by atoms with Crippen molar-refractivity contribution in [1.82, 2.24) is 0 Å². The lowest BCUT2D eigenvalue weighted by atomic mass is 9.93. The van der Waals surface area contributed by atoms with Crippen LogP contribution in [0.15, 0.2) is 23.1 Å². The van der Waals surface area contributed by atoms with Crippen LogP contribution in [0.5, 0.6) is 5.75 Å². The van der Waals surface area contributed by atoms with Gasteiger partial charge in [-0.1, -0.05) is 20.8 Å². The summed E-state index contributed by atoms with van der Waals surface area (Å²) >= 11 is 0. The molecule has 18 heavy (non-hydrogen) atoms. The first-order valence-corrected chi connectivity index (χ1v) is 7.09. The van der Waals surface area contributed by atoms with Crippen molar-refractivity contribution in [2.75, 3.05) is 6.61 Å². The molecule has 1 aromatic rings. The van der Waals surface area contributed by atoms with Gasteiger partial charge in [-0.3, -0.25) is 0 Å². The zero-order chi connectivity index (χ0) is 14.0. The third-order valence-electron chi connectivity index (χ3n) is 2.34. The Balaban J connectivity index is 2.75. The van der Waals surface area contributed by atoms with Gasteiger partial charge in [0, 0.05) is 0 Å². The molecular formula is C12H18FNO3S. The number of halogens is 1. The first kappa shape index (κ1) is 14.9. The minimum absolute atomic E-state index is 0.0339. The highest BCUT2D eigenvalue weighted by Gasteiger charge is 2.14. The van der Waals surface area contributed by atoms with E-state index in [1.807, 2.05) is 0 Å². The van der Waals surface area contributed by atoms with Crippen LogP contribution in [-0.4, -0.2) is 15.0 Å². The summed E-state index contributed by atoms with van der Waals surface area (Å²) in [6.07, 6.45) is 0.767. The SMILES string of the molecule is CC(C)(C)CCOc1ccc(S(N)(=O)=O)cc1F. The Morgan fingerprint density at radius 1 is 1.33 bits per heavy atom. The molecule has 0 heterocycles. The number of sulfonamides is 1. The van der Waals surface area contributed by atoms with Crippen molar-refractivity contribution in [3.63, 3.8) is 0 Å². The Morgan fingerprint density at radius 2 is 1.94 bits per heavy atom. The van der Waals surface area contributed by atoms with Crippen LogP contribution < -0.4 is 9.88 Å². The summed E-state index contributed by atoms with van der Waals surface area (Å²) in [5.74, 6) is -0.693. The summed E-state index contributed by atoms with van der Waals surface area (Å²) in [6.45, 7) is 6.53. The summed E-state index contributed by atoms with van der Waals surface area (Å²) in [7, 11) is -3.88. The van der Waals surface area contributed by atoms with Crippen molar-refractivity contribution in [3.8, 4) is 5.75 Å². The van der Waals surface area contributed by atoms with Gasteiger partial charge < -0.3 is 4.74 Å². The second-order valence-corrected chi connectivity index (χ2v) is 6.86. The lowest BCUT2D eigenvalue weighted by molar-refractivity contribution is 0.235. The molecule has 1 rings (SSSR count). The fourth-order valence-electron chi connectivity index (χ4n) is 1.24. The Morgan fingerprint density at radius 3 is 2.39 bits per heavy atom. The quantitative estimate of drug-likeness (QED) is 0.916. The van der Waals surface area contributed by atoms with E-state index < -0.39 is 15.8 Å². The van der Waals surface area contributed by atoms with E-state index >= 15 is 0 Å². The fraction of sp³-hybridized carbons (Fsp3) is 0.500. The summed E-state index contributed by atoms with van der Waals surface area (Å²) in [5, 5.41) is 4.90. The molecule has 0 atom stereocenters. The smallest absolute Gasteiger partial charge is 0.238 e. The monoisotopic (exact) mass is 275 g/mol. The van der Waals surface area contributed by atoms with E-state index in [4.69, 9.17) is 9.88 Å². The number of hydrogen-bond donors (Lipinski definition) is 1. The lowest BCUT2D eigenvalue weighted by Gasteiger charge is -2.18. The van der Waals surface area contributed by atoms with E-state index in [9.17, 15) is 12.8 Å². The Labute approximate surface area is 107 Å². The molecule has 0 bridgehead atoms. The zero-order valence-corrected chi connectivity index (χ0v) is 11.6. The second kappa shape index (κ2) is 5.24. The summed E-state index contributed by atoms with van der Waals surface area (Å²) in [4.78, 5) is -0.261. The van der Waals surface area contributed by atoms with Crippen molar-refractivity contribution in [1.29, 1.82) is 0 Å². The highest BCUT2D eigenvalue weighted by Crippen LogP contribution is 2.23. The van der Waals surface area contributed by atoms with Gasteiger partial charge in [0.15, 0.2) is 11.6 Å². The van der Waals surface area contributed by atoms with Crippen LogP contribution in [0.1, 0.15) is 27.2 Å². The van der Waals surface area contributed by atoms with Crippen LogP contribution >= 0.6 is 0 Å². The zero-order valence-electron chi connectivity index (χ0n) is 10.7. The van der Waals surface area contributed by atoms with E-state index in [2.05, 4.69) is 20.8 Å². The van der Waals surface area contributed by atoms with Crippen LogP contribution in [0.2, 0.25) is 0 Å². The average molecular weight is 275 g/mol. The van der Waals surface area contributed by atoms with Crippen molar-refractivity contribution in [2.45, 2.75) is 32.1 Å². The molecule has 0 aromatic heterocycles. The number of benzene rings is 1. The molecule has 102 valence electrons. The molecule has 0 saturated carbocycles. The molecule has 0 amide bonds. The van der Waals surface area contributed by atoms with Crippen molar-refractivity contribution in [3.05, 3.63) is 24.0 Å². The van der Waals surface area contributed by atoms with Crippen LogP contribution in [0.4, 0.5) is 4.39 Å². The molecule has 0 spiro atoms. The van der Waals surface area contributed by atoms with Gasteiger partial charge in [0.1, 0.15) is 0 Å². The Hall–Kier alpha value is -1.14. The Bertz CT molecular complexity index is 521. The number of primary sulfonamides is 1. The van der Waals surface area contributed by atoms with E-state index in [1.54, 1.807) is 0 Å². The molecule has 0 aliphatic heterocycles. The van der Waals surface area contributed by atoms with Gasteiger partial charge in [-0.2, -0.15) is 0 Å². The number of hydrogen-bond acceptors (Lipinski definition) is 3. The second-order valence-electron chi connectivity index (χ2n) is 5.30. The normalized spacial score (nSPS) is 12.5. The summed E-state index contributed by atoms with van der Waals surface area (Å²) in [6, 6.07) is 3.37. The topological polar surface area (TPSA) is 69.4 Å². The van der Waals surface area contributed by atoms with E-state index in [0.29, 0.717) is 6.61 Å². The van der Waals surface area contributed by atoms with E-state index in [-0.39, 0.29) is 16.1 Å². The molecule has 0 saturated heterocycles. The molecule has 2 N–H and O–H groups in total. The third-order valence-corrected chi connectivity index (χ3v) is 3.25. The maximum atomic E-state index is 13.6. The molecule has 4 nitrogen and oxygen atoms in total. The van der Waals surface area contributed by atoms with E-state index in [0.717, 1.165) is 12.5 Å². The molecule has 0 radical (unpaired) electrons. The van der Waals surface area contributed by atoms with Gasteiger partial charge in [0.2, 0.25) is 10.0 Å². The number of nitrogens with two attached hydrogens (primary N) is 1. The number of rotatable bonds is 4. The van der Waals surface area contributed by atoms with Crippen LogP contribution in [-0.2, 0) is 10.0 Å². The van der Waals surface area contributed by atoms with Gasteiger partial charge >= 0.3 is 0 Å². The molecule has 0 aliphatic rings. The first-order valence-electron chi connectivity index (χ1n) is 5.55.